The first kappa shape index (κ1) is 14.5. The quantitative estimate of drug-likeness (QED) is 0.889. The number of rotatable bonds is 4. The predicted octanol–water partition coefficient (Wildman–Crippen LogP) is 2.56. The highest BCUT2D eigenvalue weighted by Crippen LogP contribution is 2.33. The van der Waals surface area contributed by atoms with Crippen LogP contribution in [0, 0.1) is 5.82 Å². The number of amides is 2. The van der Waals surface area contributed by atoms with E-state index in [4.69, 9.17) is 0 Å². The molecule has 1 aliphatic rings. The van der Waals surface area contributed by atoms with E-state index in [-0.39, 0.29) is 24.3 Å². The largest absolute Gasteiger partial charge is 0.353 e. The highest BCUT2D eigenvalue weighted by atomic mass is 19.1. The van der Waals surface area contributed by atoms with E-state index in [1.165, 1.54) is 12.1 Å². The lowest BCUT2D eigenvalue weighted by atomic mass is 9.89. The van der Waals surface area contributed by atoms with Crippen LogP contribution in [0.2, 0.25) is 0 Å². The molecule has 0 fully saturated rings. The van der Waals surface area contributed by atoms with Crippen LogP contribution >= 0.6 is 0 Å². The van der Waals surface area contributed by atoms with Crippen molar-refractivity contribution in [2.24, 2.45) is 0 Å². The zero-order valence-electron chi connectivity index (χ0n) is 11.7. The Morgan fingerprint density at radius 1 is 1.45 bits per heavy atom. The number of fused-ring (bicyclic) bond motifs is 1. The lowest BCUT2D eigenvalue weighted by Gasteiger charge is -2.26. The molecule has 1 aliphatic heterocycles. The van der Waals surface area contributed by atoms with Crippen molar-refractivity contribution in [2.45, 2.75) is 45.1 Å². The van der Waals surface area contributed by atoms with Crippen LogP contribution in [0.5, 0.6) is 0 Å². The summed E-state index contributed by atoms with van der Waals surface area (Å²) in [4.78, 5) is 24.0. The first-order valence-electron chi connectivity index (χ1n) is 6.94. The SMILES string of the molecule is CCC(CC)NC(=O)[C@@H]1CC(=O)Nc2cc(F)ccc21. The van der Waals surface area contributed by atoms with E-state index in [2.05, 4.69) is 10.6 Å². The minimum absolute atomic E-state index is 0.102. The number of carbonyl (C=O) groups excluding carboxylic acids is 2. The minimum atomic E-state index is -0.542. The normalized spacial score (nSPS) is 17.6. The smallest absolute Gasteiger partial charge is 0.228 e. The second-order valence-corrected chi connectivity index (χ2v) is 5.06. The average Bonchev–Trinajstić information content (AvgIpc) is 2.43. The van der Waals surface area contributed by atoms with E-state index in [1.54, 1.807) is 6.07 Å². The van der Waals surface area contributed by atoms with E-state index >= 15 is 0 Å². The van der Waals surface area contributed by atoms with E-state index < -0.39 is 11.7 Å². The fourth-order valence-corrected chi connectivity index (χ4v) is 2.47. The molecule has 4 nitrogen and oxygen atoms in total. The molecule has 1 aromatic rings. The van der Waals surface area contributed by atoms with Gasteiger partial charge in [-0.1, -0.05) is 19.9 Å². The molecule has 0 bridgehead atoms. The van der Waals surface area contributed by atoms with Gasteiger partial charge >= 0.3 is 0 Å². The molecule has 0 radical (unpaired) electrons. The maximum atomic E-state index is 13.2. The second-order valence-electron chi connectivity index (χ2n) is 5.06. The first-order chi connectivity index (χ1) is 9.55. The maximum absolute atomic E-state index is 13.2. The maximum Gasteiger partial charge on any atom is 0.228 e. The van der Waals surface area contributed by atoms with Crippen LogP contribution in [0.15, 0.2) is 18.2 Å². The highest BCUT2D eigenvalue weighted by Gasteiger charge is 2.31. The van der Waals surface area contributed by atoms with Gasteiger partial charge in [-0.05, 0) is 30.5 Å². The number of anilines is 1. The number of halogens is 1. The fraction of sp³-hybridized carbons (Fsp3) is 0.467. The Hall–Kier alpha value is -1.91. The van der Waals surface area contributed by atoms with E-state index in [1.807, 2.05) is 13.8 Å². The number of benzene rings is 1. The van der Waals surface area contributed by atoms with Crippen LogP contribution in [0.4, 0.5) is 10.1 Å². The molecule has 5 heteroatoms. The third-order valence-corrected chi connectivity index (χ3v) is 3.70. The monoisotopic (exact) mass is 278 g/mol. The molecule has 2 rings (SSSR count). The molecule has 0 spiro atoms. The Bertz CT molecular complexity index is 527. The first-order valence-corrected chi connectivity index (χ1v) is 6.94. The number of nitrogens with one attached hydrogen (secondary N) is 2. The van der Waals surface area contributed by atoms with Crippen molar-refractivity contribution < 1.29 is 14.0 Å². The molecule has 1 aromatic carbocycles. The van der Waals surface area contributed by atoms with E-state index in [9.17, 15) is 14.0 Å². The summed E-state index contributed by atoms with van der Waals surface area (Å²) in [5.74, 6) is -1.39. The van der Waals surface area contributed by atoms with Gasteiger partial charge in [0.25, 0.3) is 0 Å². The number of hydrogen-bond acceptors (Lipinski definition) is 2. The van der Waals surface area contributed by atoms with Gasteiger partial charge in [-0.3, -0.25) is 9.59 Å². The Morgan fingerprint density at radius 2 is 2.15 bits per heavy atom. The van der Waals surface area contributed by atoms with Gasteiger partial charge in [-0.15, -0.1) is 0 Å². The molecular formula is C15H19FN2O2. The van der Waals surface area contributed by atoms with Crippen molar-refractivity contribution in [1.29, 1.82) is 0 Å². The lowest BCUT2D eigenvalue weighted by Crippen LogP contribution is -2.40. The number of hydrogen-bond donors (Lipinski definition) is 2. The van der Waals surface area contributed by atoms with Gasteiger partial charge in [-0.25, -0.2) is 4.39 Å². The Balaban J connectivity index is 2.24. The summed E-state index contributed by atoms with van der Waals surface area (Å²) in [5.41, 5.74) is 1.07. The van der Waals surface area contributed by atoms with Gasteiger partial charge in [0.05, 0.1) is 5.92 Å². The van der Waals surface area contributed by atoms with Gasteiger partial charge < -0.3 is 10.6 Å². The van der Waals surface area contributed by atoms with Crippen LogP contribution in [0.25, 0.3) is 0 Å². The Kier molecular flexibility index (Phi) is 4.37. The Labute approximate surface area is 117 Å². The van der Waals surface area contributed by atoms with Gasteiger partial charge in [0, 0.05) is 18.2 Å². The molecule has 1 atom stereocenters. The summed E-state index contributed by atoms with van der Waals surface area (Å²) < 4.78 is 13.2. The van der Waals surface area contributed by atoms with Crippen LogP contribution in [0.3, 0.4) is 0 Å². The third-order valence-electron chi connectivity index (χ3n) is 3.70. The molecule has 1 heterocycles. The molecule has 0 aromatic heterocycles. The highest BCUT2D eigenvalue weighted by molar-refractivity contribution is 6.01. The van der Waals surface area contributed by atoms with E-state index in [0.717, 1.165) is 12.8 Å². The van der Waals surface area contributed by atoms with Crippen LogP contribution < -0.4 is 10.6 Å². The molecule has 20 heavy (non-hydrogen) atoms. The third kappa shape index (κ3) is 2.98. The molecule has 0 saturated heterocycles. The van der Waals surface area contributed by atoms with Crippen molar-refractivity contribution in [3.05, 3.63) is 29.6 Å². The summed E-state index contributed by atoms with van der Waals surface area (Å²) in [7, 11) is 0. The summed E-state index contributed by atoms with van der Waals surface area (Å²) in [6.07, 6.45) is 1.79. The van der Waals surface area contributed by atoms with Crippen LogP contribution in [-0.2, 0) is 9.59 Å². The average molecular weight is 278 g/mol. The van der Waals surface area contributed by atoms with Gasteiger partial charge in [-0.2, -0.15) is 0 Å². The molecule has 0 unspecified atom stereocenters. The molecule has 0 aliphatic carbocycles. The van der Waals surface area contributed by atoms with E-state index in [0.29, 0.717) is 11.3 Å². The van der Waals surface area contributed by atoms with Gasteiger partial charge in [0.1, 0.15) is 5.82 Å². The van der Waals surface area contributed by atoms with Crippen LogP contribution in [0.1, 0.15) is 44.6 Å². The standard InChI is InChI=1S/C15H19FN2O2/c1-3-10(4-2)17-15(20)12-8-14(19)18-13-7-9(16)5-6-11(12)13/h5-7,10,12H,3-4,8H2,1-2H3,(H,17,20)(H,18,19)/t12-/m1/s1. The van der Waals surface area contributed by atoms with Crippen molar-refractivity contribution in [2.75, 3.05) is 5.32 Å². The molecule has 2 amide bonds. The van der Waals surface area contributed by atoms with Gasteiger partial charge in [0.15, 0.2) is 0 Å². The molecule has 0 saturated carbocycles. The topological polar surface area (TPSA) is 58.2 Å². The molecular weight excluding hydrogens is 259 g/mol. The molecule has 108 valence electrons. The second kappa shape index (κ2) is 6.03. The summed E-state index contributed by atoms with van der Waals surface area (Å²) in [5, 5.41) is 5.56. The van der Waals surface area contributed by atoms with Gasteiger partial charge in [0.2, 0.25) is 11.8 Å². The fourth-order valence-electron chi connectivity index (χ4n) is 2.47. The van der Waals surface area contributed by atoms with Crippen LogP contribution in [-0.4, -0.2) is 17.9 Å². The minimum Gasteiger partial charge on any atom is -0.353 e. The van der Waals surface area contributed by atoms with Crippen molar-refractivity contribution >= 4 is 17.5 Å². The summed E-state index contributed by atoms with van der Waals surface area (Å²) in [6, 6.07) is 4.25. The van der Waals surface area contributed by atoms with Crippen molar-refractivity contribution in [1.82, 2.24) is 5.32 Å². The van der Waals surface area contributed by atoms with Crippen molar-refractivity contribution in [3.8, 4) is 0 Å². The lowest BCUT2D eigenvalue weighted by molar-refractivity contribution is -0.126. The van der Waals surface area contributed by atoms with Crippen molar-refractivity contribution in [3.63, 3.8) is 0 Å². The number of carbonyl (C=O) groups is 2. The zero-order valence-corrected chi connectivity index (χ0v) is 11.7. The Morgan fingerprint density at radius 3 is 2.80 bits per heavy atom. The molecule has 2 N–H and O–H groups in total. The summed E-state index contributed by atoms with van der Waals surface area (Å²) >= 11 is 0. The predicted molar refractivity (Wildman–Crippen MR) is 74.9 cm³/mol. The zero-order chi connectivity index (χ0) is 14.7. The summed E-state index contributed by atoms with van der Waals surface area (Å²) in [6.45, 7) is 4.01.